The second-order valence-corrected chi connectivity index (χ2v) is 6.28. The minimum Gasteiger partial charge on any atom is -0.346 e. The maximum atomic E-state index is 12.4. The molecule has 1 N–H and O–H groups in total. The zero-order valence-corrected chi connectivity index (χ0v) is 14.0. The Morgan fingerprint density at radius 3 is 2.74 bits per heavy atom. The van der Waals surface area contributed by atoms with Gasteiger partial charge in [0.1, 0.15) is 0 Å². The number of amides is 1. The maximum absolute atomic E-state index is 12.4. The lowest BCUT2D eigenvalue weighted by Crippen LogP contribution is -2.45. The van der Waals surface area contributed by atoms with Crippen LogP contribution in [0.3, 0.4) is 0 Å². The molecule has 0 saturated carbocycles. The van der Waals surface area contributed by atoms with Gasteiger partial charge >= 0.3 is 0 Å². The number of nitrogens with one attached hydrogen (secondary N) is 1. The van der Waals surface area contributed by atoms with Crippen molar-refractivity contribution >= 4 is 11.7 Å². The third-order valence-corrected chi connectivity index (χ3v) is 4.28. The van der Waals surface area contributed by atoms with Crippen LogP contribution in [-0.4, -0.2) is 56.1 Å². The Hall–Kier alpha value is -2.02. The van der Waals surface area contributed by atoms with Gasteiger partial charge in [-0.05, 0) is 45.7 Å². The van der Waals surface area contributed by atoms with Gasteiger partial charge < -0.3 is 10.2 Å². The highest BCUT2D eigenvalue weighted by molar-refractivity contribution is 5.91. The molecule has 3 heterocycles. The zero-order chi connectivity index (χ0) is 16.4. The first-order valence-corrected chi connectivity index (χ1v) is 8.31. The predicted octanol–water partition coefficient (Wildman–Crippen LogP) is 1.35. The first-order chi connectivity index (χ1) is 11.1. The molecule has 1 fully saturated rings. The average molecular weight is 316 g/mol. The van der Waals surface area contributed by atoms with Gasteiger partial charge in [0.25, 0.3) is 11.7 Å². The second-order valence-electron chi connectivity index (χ2n) is 6.28. The fraction of sp³-hybridized carbons (Fsp3) is 0.625. The fourth-order valence-corrected chi connectivity index (χ4v) is 3.13. The number of aromatic nitrogens is 4. The highest BCUT2D eigenvalue weighted by Crippen LogP contribution is 2.11. The molecule has 0 radical (unpaired) electrons. The fourth-order valence-electron chi connectivity index (χ4n) is 3.13. The second kappa shape index (κ2) is 6.62. The Morgan fingerprint density at radius 1 is 1.30 bits per heavy atom. The van der Waals surface area contributed by atoms with Crippen molar-refractivity contribution < 1.29 is 4.79 Å². The lowest BCUT2D eigenvalue weighted by atomic mass is 10.0. The summed E-state index contributed by atoms with van der Waals surface area (Å²) >= 11 is 0. The molecule has 2 aromatic rings. The van der Waals surface area contributed by atoms with Crippen LogP contribution in [0.4, 0.5) is 0 Å². The minimum absolute atomic E-state index is 0.196. The molecule has 7 heteroatoms. The van der Waals surface area contributed by atoms with E-state index in [-0.39, 0.29) is 17.8 Å². The van der Waals surface area contributed by atoms with Crippen LogP contribution in [0, 0.1) is 13.8 Å². The molecule has 0 bridgehead atoms. The van der Waals surface area contributed by atoms with Gasteiger partial charge in [-0.25, -0.2) is 9.50 Å². The molecule has 1 aliphatic rings. The predicted molar refractivity (Wildman–Crippen MR) is 87.5 cm³/mol. The van der Waals surface area contributed by atoms with Crippen LogP contribution in [0.2, 0.25) is 0 Å². The van der Waals surface area contributed by atoms with Gasteiger partial charge in [0.15, 0.2) is 0 Å². The number of fused-ring (bicyclic) bond motifs is 1. The summed E-state index contributed by atoms with van der Waals surface area (Å²) in [5.74, 6) is 0.467. The van der Waals surface area contributed by atoms with Crippen molar-refractivity contribution in [3.8, 4) is 0 Å². The molecule has 1 amide bonds. The monoisotopic (exact) mass is 316 g/mol. The first-order valence-electron chi connectivity index (χ1n) is 8.31. The van der Waals surface area contributed by atoms with E-state index >= 15 is 0 Å². The summed E-state index contributed by atoms with van der Waals surface area (Å²) in [7, 11) is 0. The van der Waals surface area contributed by atoms with Gasteiger partial charge in [-0.15, -0.1) is 5.10 Å². The van der Waals surface area contributed by atoms with E-state index in [1.165, 1.54) is 6.42 Å². The minimum atomic E-state index is -0.207. The molecule has 23 heavy (non-hydrogen) atoms. The molecular weight excluding hydrogens is 292 g/mol. The Bertz CT molecular complexity index is 702. The van der Waals surface area contributed by atoms with Crippen molar-refractivity contribution in [3.63, 3.8) is 0 Å². The van der Waals surface area contributed by atoms with Crippen molar-refractivity contribution in [2.24, 2.45) is 0 Å². The summed E-state index contributed by atoms with van der Waals surface area (Å²) in [6.45, 7) is 9.25. The Balaban J connectivity index is 1.66. The van der Waals surface area contributed by atoms with Crippen molar-refractivity contribution in [1.29, 1.82) is 0 Å². The molecule has 0 aliphatic carbocycles. The highest BCUT2D eigenvalue weighted by Gasteiger charge is 2.22. The number of nitrogens with zero attached hydrogens (tertiary/aromatic N) is 5. The van der Waals surface area contributed by atoms with Gasteiger partial charge in [-0.2, -0.15) is 4.98 Å². The van der Waals surface area contributed by atoms with Crippen LogP contribution in [0.15, 0.2) is 6.07 Å². The van der Waals surface area contributed by atoms with Crippen LogP contribution in [0.5, 0.6) is 0 Å². The summed E-state index contributed by atoms with van der Waals surface area (Å²) in [4.78, 5) is 23.4. The zero-order valence-electron chi connectivity index (χ0n) is 14.0. The molecule has 2 aromatic heterocycles. The van der Waals surface area contributed by atoms with Crippen LogP contribution in [0.25, 0.3) is 5.78 Å². The molecule has 0 aromatic carbocycles. The van der Waals surface area contributed by atoms with Gasteiger partial charge in [-0.1, -0.05) is 6.92 Å². The summed E-state index contributed by atoms with van der Waals surface area (Å²) < 4.78 is 1.62. The molecule has 0 spiro atoms. The van der Waals surface area contributed by atoms with Crippen LogP contribution in [-0.2, 0) is 0 Å². The van der Waals surface area contributed by atoms with Crippen molar-refractivity contribution in [2.45, 2.75) is 46.1 Å². The quantitative estimate of drug-likeness (QED) is 0.921. The normalized spacial score (nSPS) is 16.8. The third-order valence-electron chi connectivity index (χ3n) is 4.28. The number of carbonyl (C=O) groups is 1. The standard InChI is InChI=1S/C16H24N6O/c1-4-7-21-8-5-13(6-9-21)18-15(23)14-19-16-17-11(2)10-12(3)22(16)20-14/h10,13H,4-9H2,1-3H3,(H,18,23). The van der Waals surface area contributed by atoms with E-state index in [4.69, 9.17) is 0 Å². The van der Waals surface area contributed by atoms with Crippen LogP contribution in [0.1, 0.15) is 48.2 Å². The van der Waals surface area contributed by atoms with E-state index in [0.29, 0.717) is 5.78 Å². The Kier molecular flexibility index (Phi) is 4.56. The molecule has 1 saturated heterocycles. The largest absolute Gasteiger partial charge is 0.346 e. The van der Waals surface area contributed by atoms with Gasteiger partial charge in [0.2, 0.25) is 5.82 Å². The van der Waals surface area contributed by atoms with Crippen LogP contribution >= 0.6 is 0 Å². The van der Waals surface area contributed by atoms with E-state index in [0.717, 1.165) is 43.9 Å². The van der Waals surface area contributed by atoms with Gasteiger partial charge in [0.05, 0.1) is 0 Å². The molecule has 0 unspecified atom stereocenters. The van der Waals surface area contributed by atoms with Crippen molar-refractivity contribution in [1.82, 2.24) is 29.8 Å². The topological polar surface area (TPSA) is 75.4 Å². The smallest absolute Gasteiger partial charge is 0.291 e. The third kappa shape index (κ3) is 3.50. The Morgan fingerprint density at radius 2 is 2.04 bits per heavy atom. The summed E-state index contributed by atoms with van der Waals surface area (Å²) in [6, 6.07) is 2.13. The van der Waals surface area contributed by atoms with Gasteiger partial charge in [0, 0.05) is 30.5 Å². The maximum Gasteiger partial charge on any atom is 0.291 e. The van der Waals surface area contributed by atoms with Crippen molar-refractivity contribution in [3.05, 3.63) is 23.3 Å². The number of hydrogen-bond acceptors (Lipinski definition) is 5. The number of rotatable bonds is 4. The molecule has 3 rings (SSSR count). The van der Waals surface area contributed by atoms with E-state index in [9.17, 15) is 4.79 Å². The summed E-state index contributed by atoms with van der Waals surface area (Å²) in [5.41, 5.74) is 1.80. The molecule has 1 aliphatic heterocycles. The van der Waals surface area contributed by atoms with E-state index < -0.39 is 0 Å². The SMILES string of the molecule is CCCN1CCC(NC(=O)c2nc3nc(C)cc(C)n3n2)CC1. The summed E-state index contributed by atoms with van der Waals surface area (Å²) in [5, 5.41) is 7.34. The lowest BCUT2D eigenvalue weighted by Gasteiger charge is -2.31. The van der Waals surface area contributed by atoms with E-state index in [1.54, 1.807) is 4.52 Å². The number of hydrogen-bond donors (Lipinski definition) is 1. The van der Waals surface area contributed by atoms with E-state index in [1.807, 2.05) is 19.9 Å². The van der Waals surface area contributed by atoms with Crippen LogP contribution < -0.4 is 5.32 Å². The number of aryl methyl sites for hydroxylation is 2. The van der Waals surface area contributed by atoms with Crippen molar-refractivity contribution in [2.75, 3.05) is 19.6 Å². The average Bonchev–Trinajstić information content (AvgIpc) is 2.94. The van der Waals surface area contributed by atoms with Gasteiger partial charge in [-0.3, -0.25) is 4.79 Å². The number of carbonyl (C=O) groups excluding carboxylic acids is 1. The first kappa shape index (κ1) is 15.9. The molecular formula is C16H24N6O. The molecule has 7 nitrogen and oxygen atoms in total. The highest BCUT2D eigenvalue weighted by atomic mass is 16.2. The molecule has 124 valence electrons. The summed E-state index contributed by atoms with van der Waals surface area (Å²) in [6.07, 6.45) is 3.14. The van der Waals surface area contributed by atoms with E-state index in [2.05, 4.69) is 32.2 Å². The molecule has 0 atom stereocenters. The lowest BCUT2D eigenvalue weighted by molar-refractivity contribution is 0.0901. The Labute approximate surface area is 136 Å². The number of likely N-dealkylation sites (tertiary alicyclic amines) is 1. The number of piperidine rings is 1.